The van der Waals surface area contributed by atoms with E-state index in [0.717, 1.165) is 31.5 Å². The monoisotopic (exact) mass is 287 g/mol. The van der Waals surface area contributed by atoms with Crippen molar-refractivity contribution < 1.29 is 9.32 Å². The average molecular weight is 287 g/mol. The second-order valence-corrected chi connectivity index (χ2v) is 5.02. The van der Waals surface area contributed by atoms with E-state index >= 15 is 0 Å². The van der Waals surface area contributed by atoms with E-state index in [9.17, 15) is 4.79 Å². The predicted octanol–water partition coefficient (Wildman–Crippen LogP) is 3.31. The molecule has 0 bridgehead atoms. The van der Waals surface area contributed by atoms with Crippen LogP contribution >= 0.6 is 0 Å². The van der Waals surface area contributed by atoms with Crippen LogP contribution in [-0.2, 0) is 0 Å². The van der Waals surface area contributed by atoms with Gasteiger partial charge in [-0.2, -0.15) is 4.98 Å². The van der Waals surface area contributed by atoms with Gasteiger partial charge in [-0.3, -0.25) is 4.79 Å². The summed E-state index contributed by atoms with van der Waals surface area (Å²) in [5, 5.41) is 3.77. The van der Waals surface area contributed by atoms with Crippen molar-refractivity contribution in [3.63, 3.8) is 0 Å². The fraction of sp³-hybridized carbons (Fsp3) is 0.438. The Balaban J connectivity index is 2.15. The van der Waals surface area contributed by atoms with Crippen molar-refractivity contribution in [1.29, 1.82) is 0 Å². The van der Waals surface area contributed by atoms with Gasteiger partial charge in [-0.05, 0) is 44.0 Å². The number of carbonyl (C=O) groups is 1. The molecule has 0 spiro atoms. The molecule has 21 heavy (non-hydrogen) atoms. The third kappa shape index (κ3) is 3.68. The standard InChI is InChI=1S/C16H21N3O2/c1-4-10-19(11-5-2)16(20)14-8-6-13(7-9-14)15-17-12(3)18-21-15/h6-9H,4-5,10-11H2,1-3H3. The van der Waals surface area contributed by atoms with Crippen molar-refractivity contribution in [2.24, 2.45) is 0 Å². The fourth-order valence-corrected chi connectivity index (χ4v) is 2.21. The largest absolute Gasteiger partial charge is 0.339 e. The SMILES string of the molecule is CCCN(CCC)C(=O)c1ccc(-c2nc(C)no2)cc1. The van der Waals surface area contributed by atoms with Crippen LogP contribution < -0.4 is 0 Å². The summed E-state index contributed by atoms with van der Waals surface area (Å²) in [6.45, 7) is 7.51. The summed E-state index contributed by atoms with van der Waals surface area (Å²) in [7, 11) is 0. The number of aryl methyl sites for hydroxylation is 1. The average Bonchev–Trinajstić information content (AvgIpc) is 2.93. The molecule has 0 aliphatic carbocycles. The van der Waals surface area contributed by atoms with Gasteiger partial charge in [0.2, 0.25) is 0 Å². The molecule has 5 nitrogen and oxygen atoms in total. The lowest BCUT2D eigenvalue weighted by Crippen LogP contribution is -2.32. The number of benzene rings is 1. The zero-order chi connectivity index (χ0) is 15.2. The fourth-order valence-electron chi connectivity index (χ4n) is 2.21. The van der Waals surface area contributed by atoms with E-state index in [1.807, 2.05) is 29.2 Å². The minimum absolute atomic E-state index is 0.0759. The molecule has 5 heteroatoms. The van der Waals surface area contributed by atoms with Crippen molar-refractivity contribution in [2.75, 3.05) is 13.1 Å². The molecule has 1 aromatic heterocycles. The van der Waals surface area contributed by atoms with E-state index in [1.54, 1.807) is 6.92 Å². The zero-order valence-electron chi connectivity index (χ0n) is 12.8. The van der Waals surface area contributed by atoms with Crippen LogP contribution in [0.1, 0.15) is 42.9 Å². The number of rotatable bonds is 6. The molecule has 2 rings (SSSR count). The minimum atomic E-state index is 0.0759. The molecule has 1 aromatic carbocycles. The van der Waals surface area contributed by atoms with Gasteiger partial charge in [-0.25, -0.2) is 0 Å². The van der Waals surface area contributed by atoms with Crippen molar-refractivity contribution in [3.8, 4) is 11.5 Å². The minimum Gasteiger partial charge on any atom is -0.339 e. The molecule has 0 atom stereocenters. The molecule has 0 unspecified atom stereocenters. The predicted molar refractivity (Wildman–Crippen MR) is 81.0 cm³/mol. The first-order valence-electron chi connectivity index (χ1n) is 7.35. The van der Waals surface area contributed by atoms with Gasteiger partial charge in [0.1, 0.15) is 0 Å². The molecule has 0 saturated heterocycles. The lowest BCUT2D eigenvalue weighted by molar-refractivity contribution is 0.0755. The molecule has 2 aromatic rings. The highest BCUT2D eigenvalue weighted by atomic mass is 16.5. The lowest BCUT2D eigenvalue weighted by atomic mass is 10.1. The summed E-state index contributed by atoms with van der Waals surface area (Å²) < 4.78 is 5.12. The van der Waals surface area contributed by atoms with Crippen molar-refractivity contribution in [2.45, 2.75) is 33.6 Å². The lowest BCUT2D eigenvalue weighted by Gasteiger charge is -2.21. The topological polar surface area (TPSA) is 59.2 Å². The molecular weight excluding hydrogens is 266 g/mol. The van der Waals surface area contributed by atoms with Gasteiger partial charge < -0.3 is 9.42 Å². The Bertz CT molecular complexity index is 584. The first-order chi connectivity index (χ1) is 10.2. The van der Waals surface area contributed by atoms with Gasteiger partial charge >= 0.3 is 0 Å². The van der Waals surface area contributed by atoms with Crippen LogP contribution in [0.5, 0.6) is 0 Å². The Morgan fingerprint density at radius 2 is 1.76 bits per heavy atom. The molecular formula is C16H21N3O2. The van der Waals surface area contributed by atoms with Crippen LogP contribution in [-0.4, -0.2) is 34.0 Å². The zero-order valence-corrected chi connectivity index (χ0v) is 12.8. The van der Waals surface area contributed by atoms with E-state index in [-0.39, 0.29) is 5.91 Å². The molecule has 0 N–H and O–H groups in total. The van der Waals surface area contributed by atoms with Crippen LogP contribution in [0.25, 0.3) is 11.5 Å². The van der Waals surface area contributed by atoms with Crippen LogP contribution in [0.15, 0.2) is 28.8 Å². The second-order valence-electron chi connectivity index (χ2n) is 5.02. The summed E-state index contributed by atoms with van der Waals surface area (Å²) in [6, 6.07) is 7.32. The Morgan fingerprint density at radius 1 is 1.14 bits per heavy atom. The summed E-state index contributed by atoms with van der Waals surface area (Å²) in [5.74, 6) is 1.15. The highest BCUT2D eigenvalue weighted by Crippen LogP contribution is 2.18. The molecule has 0 aliphatic heterocycles. The summed E-state index contributed by atoms with van der Waals surface area (Å²) in [6.07, 6.45) is 1.93. The van der Waals surface area contributed by atoms with Crippen LogP contribution in [0.2, 0.25) is 0 Å². The van der Waals surface area contributed by atoms with Gasteiger partial charge in [0.15, 0.2) is 5.82 Å². The van der Waals surface area contributed by atoms with E-state index in [4.69, 9.17) is 4.52 Å². The van der Waals surface area contributed by atoms with E-state index in [1.165, 1.54) is 0 Å². The Labute approximate surface area is 125 Å². The van der Waals surface area contributed by atoms with Crippen molar-refractivity contribution in [3.05, 3.63) is 35.7 Å². The van der Waals surface area contributed by atoms with Gasteiger partial charge in [0, 0.05) is 24.2 Å². The number of amides is 1. The van der Waals surface area contributed by atoms with Gasteiger partial charge in [-0.15, -0.1) is 0 Å². The maximum atomic E-state index is 12.5. The molecule has 0 radical (unpaired) electrons. The Hall–Kier alpha value is -2.17. The third-order valence-corrected chi connectivity index (χ3v) is 3.18. The van der Waals surface area contributed by atoms with Crippen molar-refractivity contribution in [1.82, 2.24) is 15.0 Å². The number of hydrogen-bond acceptors (Lipinski definition) is 4. The quantitative estimate of drug-likeness (QED) is 0.818. The molecule has 1 heterocycles. The number of nitrogens with zero attached hydrogens (tertiary/aromatic N) is 3. The van der Waals surface area contributed by atoms with Gasteiger partial charge in [-0.1, -0.05) is 19.0 Å². The second kappa shape index (κ2) is 7.02. The maximum Gasteiger partial charge on any atom is 0.257 e. The summed E-state index contributed by atoms with van der Waals surface area (Å²) in [5.41, 5.74) is 1.52. The van der Waals surface area contributed by atoms with Crippen LogP contribution in [0.3, 0.4) is 0 Å². The van der Waals surface area contributed by atoms with E-state index in [0.29, 0.717) is 17.3 Å². The summed E-state index contributed by atoms with van der Waals surface area (Å²) >= 11 is 0. The van der Waals surface area contributed by atoms with E-state index < -0.39 is 0 Å². The third-order valence-electron chi connectivity index (χ3n) is 3.18. The normalized spacial score (nSPS) is 10.6. The van der Waals surface area contributed by atoms with Crippen LogP contribution in [0, 0.1) is 6.92 Å². The van der Waals surface area contributed by atoms with E-state index in [2.05, 4.69) is 24.0 Å². The van der Waals surface area contributed by atoms with Gasteiger partial charge in [0.05, 0.1) is 0 Å². The molecule has 0 fully saturated rings. The first-order valence-corrected chi connectivity index (χ1v) is 7.35. The number of hydrogen-bond donors (Lipinski definition) is 0. The van der Waals surface area contributed by atoms with Gasteiger partial charge in [0.25, 0.3) is 11.8 Å². The maximum absolute atomic E-state index is 12.5. The number of aromatic nitrogens is 2. The summed E-state index contributed by atoms with van der Waals surface area (Å²) in [4.78, 5) is 18.5. The molecule has 1 amide bonds. The van der Waals surface area contributed by atoms with Crippen molar-refractivity contribution >= 4 is 5.91 Å². The first kappa shape index (κ1) is 15.2. The molecule has 0 saturated carbocycles. The highest BCUT2D eigenvalue weighted by molar-refractivity contribution is 5.94. The Kier molecular flexibility index (Phi) is 5.09. The Morgan fingerprint density at radius 3 is 2.24 bits per heavy atom. The molecule has 0 aliphatic rings. The highest BCUT2D eigenvalue weighted by Gasteiger charge is 2.15. The van der Waals surface area contributed by atoms with Crippen LogP contribution in [0.4, 0.5) is 0 Å². The number of carbonyl (C=O) groups excluding carboxylic acids is 1. The smallest absolute Gasteiger partial charge is 0.257 e. The molecule has 112 valence electrons.